The van der Waals surface area contributed by atoms with Crippen molar-refractivity contribution in [3.8, 4) is 12.1 Å². The van der Waals surface area contributed by atoms with Gasteiger partial charge in [0.2, 0.25) is 5.91 Å². The van der Waals surface area contributed by atoms with Crippen molar-refractivity contribution in [3.05, 3.63) is 52.6 Å². The van der Waals surface area contributed by atoms with Crippen molar-refractivity contribution in [2.45, 2.75) is 43.5 Å². The van der Waals surface area contributed by atoms with E-state index in [4.69, 9.17) is 16.2 Å². The first-order valence-corrected chi connectivity index (χ1v) is 12.0. The normalized spacial score (nSPS) is 12.3. The van der Waals surface area contributed by atoms with E-state index in [0.29, 0.717) is 28.4 Å². The zero-order valence-corrected chi connectivity index (χ0v) is 21.1. The second kappa shape index (κ2) is 12.7. The molecule has 0 saturated heterocycles. The highest BCUT2D eigenvalue weighted by Gasteiger charge is 2.27. The van der Waals surface area contributed by atoms with E-state index in [1.807, 2.05) is 26.8 Å². The summed E-state index contributed by atoms with van der Waals surface area (Å²) in [6.07, 6.45) is 0.410. The fourth-order valence-corrected chi connectivity index (χ4v) is 4.39. The van der Waals surface area contributed by atoms with Gasteiger partial charge in [-0.1, -0.05) is 62.9 Å². The van der Waals surface area contributed by atoms with Crippen LogP contribution in [0.5, 0.6) is 0 Å². The van der Waals surface area contributed by atoms with Crippen LogP contribution in [0.25, 0.3) is 0 Å². The summed E-state index contributed by atoms with van der Waals surface area (Å²) in [7, 11) is 1.71. The van der Waals surface area contributed by atoms with E-state index < -0.39 is 23.2 Å². The van der Waals surface area contributed by atoms with Gasteiger partial charge in [0, 0.05) is 7.05 Å². The lowest BCUT2D eigenvalue weighted by Crippen LogP contribution is -2.38. The van der Waals surface area contributed by atoms with Crippen molar-refractivity contribution in [2.75, 3.05) is 25.1 Å². The molecule has 2 atom stereocenters. The summed E-state index contributed by atoms with van der Waals surface area (Å²) in [6.45, 7) is 5.79. The van der Waals surface area contributed by atoms with Crippen molar-refractivity contribution < 1.29 is 14.3 Å². The third-order valence-electron chi connectivity index (χ3n) is 5.44. The summed E-state index contributed by atoms with van der Waals surface area (Å²) >= 11 is 1.07. The van der Waals surface area contributed by atoms with Gasteiger partial charge in [-0.3, -0.25) is 9.59 Å². The Kier molecular flexibility index (Phi) is 10.1. The van der Waals surface area contributed by atoms with E-state index in [1.165, 1.54) is 0 Å². The standard InChI is InChI=1S/C25H30N6O3S/c1-5-17-18(13-26)23(31(4)11-12-34-25(33)20(28)15(2)3)30-24(19(17)14-27)35-21(22(29)32)16-9-7-6-8-10-16/h6-10,15,20-21H,5,11-12,28H2,1-4H3,(H2,29,32). The fraction of sp³-hybridized carbons (Fsp3) is 0.400. The highest BCUT2D eigenvalue weighted by atomic mass is 32.2. The van der Waals surface area contributed by atoms with Gasteiger partial charge in [0.15, 0.2) is 0 Å². The summed E-state index contributed by atoms with van der Waals surface area (Å²) in [5.74, 6) is -0.802. The molecule has 0 aliphatic heterocycles. The lowest BCUT2D eigenvalue weighted by molar-refractivity contribution is -0.146. The molecule has 0 radical (unpaired) electrons. The van der Waals surface area contributed by atoms with Gasteiger partial charge in [-0.05, 0) is 23.5 Å². The Morgan fingerprint density at radius 1 is 1.17 bits per heavy atom. The number of hydrogen-bond acceptors (Lipinski definition) is 9. The number of likely N-dealkylation sites (N-methyl/N-ethyl adjacent to an activating group) is 1. The van der Waals surface area contributed by atoms with Crippen molar-refractivity contribution in [2.24, 2.45) is 17.4 Å². The number of benzene rings is 1. The van der Waals surface area contributed by atoms with Gasteiger partial charge in [0.05, 0.1) is 17.7 Å². The van der Waals surface area contributed by atoms with Gasteiger partial charge in [-0.15, -0.1) is 0 Å². The zero-order chi connectivity index (χ0) is 26.1. The number of primary amides is 1. The highest BCUT2D eigenvalue weighted by molar-refractivity contribution is 8.00. The zero-order valence-electron chi connectivity index (χ0n) is 20.3. The topological polar surface area (TPSA) is 159 Å². The molecule has 2 unspecified atom stereocenters. The molecule has 1 amide bonds. The number of rotatable bonds is 11. The summed E-state index contributed by atoms with van der Waals surface area (Å²) in [5.41, 5.74) is 13.2. The highest BCUT2D eigenvalue weighted by Crippen LogP contribution is 2.39. The first kappa shape index (κ1) is 27.6. The third-order valence-corrected chi connectivity index (χ3v) is 6.70. The van der Waals surface area contributed by atoms with Crippen LogP contribution >= 0.6 is 11.8 Å². The molecule has 0 spiro atoms. The molecule has 2 aromatic rings. The Labute approximate surface area is 210 Å². The third kappa shape index (κ3) is 6.72. The van der Waals surface area contributed by atoms with Crippen LogP contribution in [-0.2, 0) is 20.7 Å². The molecule has 35 heavy (non-hydrogen) atoms. The minimum atomic E-state index is -0.773. The number of carbonyl (C=O) groups is 2. The van der Waals surface area contributed by atoms with Crippen LogP contribution in [0.4, 0.5) is 5.82 Å². The van der Waals surface area contributed by atoms with Crippen molar-refractivity contribution in [3.63, 3.8) is 0 Å². The van der Waals surface area contributed by atoms with Crippen LogP contribution in [0.15, 0.2) is 35.4 Å². The summed E-state index contributed by atoms with van der Waals surface area (Å²) in [6, 6.07) is 12.6. The van der Waals surface area contributed by atoms with Crippen LogP contribution in [-0.4, -0.2) is 43.1 Å². The number of aromatic nitrogens is 1. The lowest BCUT2D eigenvalue weighted by Gasteiger charge is -2.23. The van der Waals surface area contributed by atoms with Gasteiger partial charge in [-0.2, -0.15) is 10.5 Å². The molecular formula is C25H30N6O3S. The number of hydrogen-bond donors (Lipinski definition) is 2. The van der Waals surface area contributed by atoms with E-state index in [9.17, 15) is 20.1 Å². The Bertz CT molecular complexity index is 1140. The van der Waals surface area contributed by atoms with E-state index in [2.05, 4.69) is 17.1 Å². The van der Waals surface area contributed by atoms with Crippen LogP contribution in [0.1, 0.15) is 48.3 Å². The number of anilines is 1. The van der Waals surface area contributed by atoms with E-state index in [1.54, 1.807) is 36.2 Å². The van der Waals surface area contributed by atoms with E-state index in [0.717, 1.165) is 11.8 Å². The predicted octanol–water partition coefficient (Wildman–Crippen LogP) is 2.67. The Balaban J connectivity index is 2.42. The minimum Gasteiger partial charge on any atom is -0.463 e. The minimum absolute atomic E-state index is 0.0418. The predicted molar refractivity (Wildman–Crippen MR) is 134 cm³/mol. The number of carbonyl (C=O) groups excluding carboxylic acids is 2. The van der Waals surface area contributed by atoms with Gasteiger partial charge in [0.25, 0.3) is 0 Å². The lowest BCUT2D eigenvalue weighted by atomic mass is 10.0. The summed E-state index contributed by atoms with van der Waals surface area (Å²) in [5, 5.41) is 19.3. The quantitative estimate of drug-likeness (QED) is 0.353. The molecule has 0 aliphatic carbocycles. The van der Waals surface area contributed by atoms with Crippen LogP contribution < -0.4 is 16.4 Å². The van der Waals surface area contributed by atoms with E-state index in [-0.39, 0.29) is 30.2 Å². The monoisotopic (exact) mass is 494 g/mol. The molecule has 0 saturated carbocycles. The Morgan fingerprint density at radius 2 is 1.80 bits per heavy atom. The fourth-order valence-electron chi connectivity index (χ4n) is 3.33. The second-order valence-electron chi connectivity index (χ2n) is 8.22. The van der Waals surface area contributed by atoms with Gasteiger partial charge >= 0.3 is 5.97 Å². The van der Waals surface area contributed by atoms with Crippen LogP contribution in [0.3, 0.4) is 0 Å². The maximum absolute atomic E-state index is 12.3. The van der Waals surface area contributed by atoms with Gasteiger partial charge in [0.1, 0.15) is 40.9 Å². The van der Waals surface area contributed by atoms with Crippen molar-refractivity contribution in [1.29, 1.82) is 10.5 Å². The molecular weight excluding hydrogens is 464 g/mol. The molecule has 0 fully saturated rings. The molecule has 1 aromatic carbocycles. The summed E-state index contributed by atoms with van der Waals surface area (Å²) < 4.78 is 5.28. The largest absolute Gasteiger partial charge is 0.463 e. The number of esters is 1. The maximum Gasteiger partial charge on any atom is 0.323 e. The SMILES string of the molecule is CCc1c(C#N)c(SC(C(N)=O)c2ccccc2)nc(N(C)CCOC(=O)C(N)C(C)C)c1C#N. The number of amides is 1. The molecule has 184 valence electrons. The second-order valence-corrected chi connectivity index (χ2v) is 9.31. The summed E-state index contributed by atoms with van der Waals surface area (Å²) in [4.78, 5) is 30.6. The Hall–Kier alpha value is -3.60. The first-order chi connectivity index (χ1) is 16.7. The van der Waals surface area contributed by atoms with Gasteiger partial charge < -0.3 is 21.1 Å². The number of nitrogens with two attached hydrogens (primary N) is 2. The van der Waals surface area contributed by atoms with Crippen LogP contribution in [0.2, 0.25) is 0 Å². The molecule has 1 heterocycles. The number of nitrogens with zero attached hydrogens (tertiary/aromatic N) is 4. The number of pyridine rings is 1. The first-order valence-electron chi connectivity index (χ1n) is 11.2. The van der Waals surface area contributed by atoms with E-state index >= 15 is 0 Å². The number of thioether (sulfide) groups is 1. The Morgan fingerprint density at radius 3 is 2.31 bits per heavy atom. The molecule has 10 heteroatoms. The molecule has 0 bridgehead atoms. The molecule has 2 rings (SSSR count). The molecule has 4 N–H and O–H groups in total. The average Bonchev–Trinajstić information content (AvgIpc) is 2.85. The smallest absolute Gasteiger partial charge is 0.323 e. The average molecular weight is 495 g/mol. The van der Waals surface area contributed by atoms with Crippen LogP contribution in [0, 0.1) is 28.6 Å². The van der Waals surface area contributed by atoms with Crippen molar-refractivity contribution in [1.82, 2.24) is 4.98 Å². The number of ether oxygens (including phenoxy) is 1. The molecule has 0 aliphatic rings. The number of nitriles is 2. The van der Waals surface area contributed by atoms with Gasteiger partial charge in [-0.25, -0.2) is 4.98 Å². The van der Waals surface area contributed by atoms with Crippen molar-refractivity contribution >= 4 is 29.5 Å². The molecule has 9 nitrogen and oxygen atoms in total. The maximum atomic E-state index is 12.3. The molecule has 1 aromatic heterocycles.